The van der Waals surface area contributed by atoms with Crippen LogP contribution in [0.1, 0.15) is 56.3 Å². The predicted molar refractivity (Wildman–Crippen MR) is 127 cm³/mol. The molecule has 1 aliphatic carbocycles. The summed E-state index contributed by atoms with van der Waals surface area (Å²) in [5, 5.41) is 3.17. The van der Waals surface area contributed by atoms with Gasteiger partial charge < -0.3 is 10.2 Å². The first-order chi connectivity index (χ1) is 15.5. The van der Waals surface area contributed by atoms with Gasteiger partial charge >= 0.3 is 0 Å². The van der Waals surface area contributed by atoms with Gasteiger partial charge in [0.25, 0.3) is 0 Å². The van der Waals surface area contributed by atoms with Crippen molar-refractivity contribution in [3.8, 4) is 0 Å². The van der Waals surface area contributed by atoms with Crippen LogP contribution >= 0.6 is 0 Å². The van der Waals surface area contributed by atoms with Crippen LogP contribution in [0.25, 0.3) is 5.57 Å². The van der Waals surface area contributed by atoms with Crippen LogP contribution in [-0.4, -0.2) is 34.1 Å². The average molecular weight is 439 g/mol. The highest BCUT2D eigenvalue weighted by Crippen LogP contribution is 2.26. The molecule has 1 aromatic heterocycles. The first-order valence-corrected chi connectivity index (χ1v) is 11.2. The van der Waals surface area contributed by atoms with Gasteiger partial charge in [-0.25, -0.2) is 18.7 Å². The van der Waals surface area contributed by atoms with E-state index in [2.05, 4.69) is 33.7 Å². The van der Waals surface area contributed by atoms with Crippen LogP contribution in [0.3, 0.4) is 0 Å². The minimum absolute atomic E-state index is 0.0438. The van der Waals surface area contributed by atoms with E-state index in [-0.39, 0.29) is 17.9 Å². The van der Waals surface area contributed by atoms with Gasteiger partial charge in [-0.3, -0.25) is 0 Å². The molecule has 3 atom stereocenters. The molecule has 3 rings (SSSR count). The molecule has 0 radical (unpaired) electrons. The third-order valence-electron chi connectivity index (χ3n) is 5.85. The lowest BCUT2D eigenvalue weighted by Crippen LogP contribution is -2.34. The second kappa shape index (κ2) is 11.6. The van der Waals surface area contributed by atoms with Crippen molar-refractivity contribution in [3.05, 3.63) is 84.6 Å². The summed E-state index contributed by atoms with van der Waals surface area (Å²) in [5.41, 5.74) is 2.50. The maximum atomic E-state index is 14.2. The molecular weight excluding hydrogens is 406 g/mol. The zero-order valence-electron chi connectivity index (χ0n) is 18.8. The van der Waals surface area contributed by atoms with Crippen molar-refractivity contribution in [2.24, 2.45) is 0 Å². The van der Waals surface area contributed by atoms with Crippen LogP contribution in [0, 0.1) is 5.82 Å². The van der Waals surface area contributed by atoms with E-state index in [1.54, 1.807) is 24.4 Å². The summed E-state index contributed by atoms with van der Waals surface area (Å²) < 4.78 is 27.9. The molecule has 6 heteroatoms. The summed E-state index contributed by atoms with van der Waals surface area (Å²) >= 11 is 0. The number of hydrogen-bond acceptors (Lipinski definition) is 4. The molecule has 1 aromatic carbocycles. The number of benzene rings is 1. The molecule has 0 amide bonds. The Morgan fingerprint density at radius 3 is 2.84 bits per heavy atom. The number of aromatic nitrogens is 2. The molecule has 1 heterocycles. The number of anilines is 1. The highest BCUT2D eigenvalue weighted by Gasteiger charge is 2.25. The van der Waals surface area contributed by atoms with Crippen LogP contribution < -0.4 is 5.32 Å². The fourth-order valence-corrected chi connectivity index (χ4v) is 4.13. The normalized spacial score (nSPS) is 20.2. The van der Waals surface area contributed by atoms with Crippen molar-refractivity contribution < 1.29 is 8.78 Å². The lowest BCUT2D eigenvalue weighted by molar-refractivity contribution is 0.229. The van der Waals surface area contributed by atoms with Crippen molar-refractivity contribution in [2.45, 2.75) is 57.3 Å². The molecule has 1 fully saturated rings. The summed E-state index contributed by atoms with van der Waals surface area (Å²) in [6.07, 6.45) is 12.4. The van der Waals surface area contributed by atoms with E-state index in [1.807, 2.05) is 37.5 Å². The standard InChI is InChI=1S/C26H32F2N4/c1-4-9-19(15-17-32(3)25(5-2)20-10-8-11-21(27)18-20)23-14-16-29-26(30-23)31-24-13-7-6-12-22(24)28/h4,8-11,14-18,22,24-25H,1,5-7,12-13H2,2-3H3,(H,29,30,31)/b17-15-,19-9+. The molecule has 1 saturated carbocycles. The molecule has 0 saturated heterocycles. The zero-order chi connectivity index (χ0) is 22.9. The first kappa shape index (κ1) is 23.6. The topological polar surface area (TPSA) is 41.1 Å². The van der Waals surface area contributed by atoms with E-state index in [1.165, 1.54) is 6.07 Å². The van der Waals surface area contributed by atoms with Gasteiger partial charge in [0.05, 0.1) is 17.8 Å². The Morgan fingerprint density at radius 2 is 2.12 bits per heavy atom. The molecule has 1 aliphatic rings. The van der Waals surface area contributed by atoms with Crippen LogP contribution in [0.4, 0.5) is 14.7 Å². The van der Waals surface area contributed by atoms with Crippen LogP contribution in [0.15, 0.2) is 67.5 Å². The number of rotatable bonds is 9. The van der Waals surface area contributed by atoms with E-state index in [4.69, 9.17) is 0 Å². The number of alkyl halides is 1. The minimum atomic E-state index is -0.874. The van der Waals surface area contributed by atoms with Gasteiger partial charge in [0.1, 0.15) is 12.0 Å². The van der Waals surface area contributed by atoms with Gasteiger partial charge in [0, 0.05) is 18.8 Å². The van der Waals surface area contributed by atoms with Crippen LogP contribution in [-0.2, 0) is 0 Å². The summed E-state index contributed by atoms with van der Waals surface area (Å²) in [7, 11) is 1.97. The van der Waals surface area contributed by atoms with Gasteiger partial charge in [-0.05, 0) is 55.3 Å². The smallest absolute Gasteiger partial charge is 0.223 e. The first-order valence-electron chi connectivity index (χ1n) is 11.2. The van der Waals surface area contributed by atoms with Gasteiger partial charge in [-0.15, -0.1) is 0 Å². The van der Waals surface area contributed by atoms with E-state index < -0.39 is 6.17 Å². The molecule has 4 nitrogen and oxygen atoms in total. The van der Waals surface area contributed by atoms with Gasteiger partial charge in [-0.2, -0.15) is 0 Å². The lowest BCUT2D eigenvalue weighted by atomic mass is 9.94. The highest BCUT2D eigenvalue weighted by molar-refractivity contribution is 5.73. The Balaban J connectivity index is 1.77. The summed E-state index contributed by atoms with van der Waals surface area (Å²) in [6, 6.07) is 8.32. The number of nitrogens with one attached hydrogen (secondary N) is 1. The fourth-order valence-electron chi connectivity index (χ4n) is 4.13. The second-order valence-corrected chi connectivity index (χ2v) is 8.13. The number of allylic oxidation sites excluding steroid dienone is 4. The molecule has 0 bridgehead atoms. The minimum Gasteiger partial charge on any atom is -0.373 e. The number of halogens is 2. The maximum absolute atomic E-state index is 14.2. The van der Waals surface area contributed by atoms with E-state index in [0.717, 1.165) is 42.5 Å². The van der Waals surface area contributed by atoms with E-state index in [0.29, 0.717) is 12.4 Å². The largest absolute Gasteiger partial charge is 0.373 e. The van der Waals surface area contributed by atoms with Gasteiger partial charge in [0.2, 0.25) is 5.95 Å². The maximum Gasteiger partial charge on any atom is 0.223 e. The molecule has 0 aliphatic heterocycles. The number of nitrogens with zero attached hydrogens (tertiary/aromatic N) is 3. The molecular formula is C26H32F2N4. The van der Waals surface area contributed by atoms with Crippen molar-refractivity contribution in [1.29, 1.82) is 0 Å². The van der Waals surface area contributed by atoms with Gasteiger partial charge in [-0.1, -0.05) is 50.6 Å². The Labute approximate surface area is 189 Å². The predicted octanol–water partition coefficient (Wildman–Crippen LogP) is 6.47. The summed E-state index contributed by atoms with van der Waals surface area (Å²) in [5.74, 6) is 0.194. The zero-order valence-corrected chi connectivity index (χ0v) is 18.8. The third-order valence-corrected chi connectivity index (χ3v) is 5.85. The molecule has 3 unspecified atom stereocenters. The second-order valence-electron chi connectivity index (χ2n) is 8.13. The van der Waals surface area contributed by atoms with E-state index in [9.17, 15) is 8.78 Å². The van der Waals surface area contributed by atoms with Crippen molar-refractivity contribution >= 4 is 11.5 Å². The summed E-state index contributed by atoms with van der Waals surface area (Å²) in [4.78, 5) is 10.9. The Hall–Kier alpha value is -3.02. The Bertz CT molecular complexity index is 956. The highest BCUT2D eigenvalue weighted by atomic mass is 19.1. The average Bonchev–Trinajstić information content (AvgIpc) is 2.79. The monoisotopic (exact) mass is 438 g/mol. The number of hydrogen-bond donors (Lipinski definition) is 1. The van der Waals surface area contributed by atoms with Crippen LogP contribution in [0.2, 0.25) is 0 Å². The quantitative estimate of drug-likeness (QED) is 0.455. The fraction of sp³-hybridized carbons (Fsp3) is 0.385. The van der Waals surface area contributed by atoms with Gasteiger partial charge in [0.15, 0.2) is 0 Å². The van der Waals surface area contributed by atoms with Crippen molar-refractivity contribution in [1.82, 2.24) is 14.9 Å². The lowest BCUT2D eigenvalue weighted by Gasteiger charge is -2.27. The van der Waals surface area contributed by atoms with Crippen molar-refractivity contribution in [2.75, 3.05) is 12.4 Å². The molecule has 2 aromatic rings. The SMILES string of the molecule is C=C/C=C(\C=C/N(C)C(CC)c1cccc(F)c1)c1ccnc(NC2CCCCC2F)n1. The molecule has 1 N–H and O–H groups in total. The Morgan fingerprint density at radius 1 is 1.31 bits per heavy atom. The Kier molecular flexibility index (Phi) is 8.54. The van der Waals surface area contributed by atoms with E-state index >= 15 is 0 Å². The molecule has 32 heavy (non-hydrogen) atoms. The van der Waals surface area contributed by atoms with Crippen LogP contribution in [0.5, 0.6) is 0 Å². The molecule has 0 spiro atoms. The molecule has 170 valence electrons. The summed E-state index contributed by atoms with van der Waals surface area (Å²) in [6.45, 7) is 5.89. The third kappa shape index (κ3) is 6.25. The van der Waals surface area contributed by atoms with Crippen molar-refractivity contribution in [3.63, 3.8) is 0 Å².